The van der Waals surface area contributed by atoms with Crippen molar-refractivity contribution in [2.24, 2.45) is 0 Å². The minimum atomic E-state index is -0.122. The molecule has 0 unspecified atom stereocenters. The van der Waals surface area contributed by atoms with E-state index < -0.39 is 0 Å². The first-order chi connectivity index (χ1) is 8.66. The number of H-pyrrole nitrogens is 1. The summed E-state index contributed by atoms with van der Waals surface area (Å²) >= 11 is 5.98. The van der Waals surface area contributed by atoms with Crippen LogP contribution in [0, 0.1) is 6.92 Å². The highest BCUT2D eigenvalue weighted by atomic mass is 35.5. The minimum absolute atomic E-state index is 0.122. The standard InChI is InChI=1S/C13H14ClN3O/c1-9-2-3-10(8-11(9)14)13(18)17-5-4-12-15-6-7-16-12/h2-3,6-8H,4-5H2,1H3,(H,15,16)(H,17,18). The third kappa shape index (κ3) is 3.11. The second-order valence-corrected chi connectivity index (χ2v) is 4.41. The molecule has 1 amide bonds. The van der Waals surface area contributed by atoms with Gasteiger partial charge in [0.2, 0.25) is 0 Å². The Morgan fingerprint density at radius 1 is 1.50 bits per heavy atom. The summed E-state index contributed by atoms with van der Waals surface area (Å²) in [5.41, 5.74) is 1.54. The van der Waals surface area contributed by atoms with E-state index in [0.29, 0.717) is 23.6 Å². The van der Waals surface area contributed by atoms with E-state index in [1.165, 1.54) is 0 Å². The fourth-order valence-corrected chi connectivity index (χ4v) is 1.75. The van der Waals surface area contributed by atoms with Gasteiger partial charge in [0, 0.05) is 35.9 Å². The minimum Gasteiger partial charge on any atom is -0.352 e. The van der Waals surface area contributed by atoms with Gasteiger partial charge in [0.15, 0.2) is 0 Å². The fraction of sp³-hybridized carbons (Fsp3) is 0.231. The van der Waals surface area contributed by atoms with Crippen LogP contribution in [-0.2, 0) is 6.42 Å². The van der Waals surface area contributed by atoms with E-state index in [1.54, 1.807) is 24.5 Å². The van der Waals surface area contributed by atoms with Crippen molar-refractivity contribution in [2.75, 3.05) is 6.54 Å². The molecule has 2 aromatic rings. The maximum absolute atomic E-state index is 11.8. The number of rotatable bonds is 4. The van der Waals surface area contributed by atoms with Crippen LogP contribution < -0.4 is 5.32 Å². The second-order valence-electron chi connectivity index (χ2n) is 4.01. The Bertz CT molecular complexity index is 537. The first kappa shape index (κ1) is 12.6. The normalized spacial score (nSPS) is 10.3. The maximum Gasteiger partial charge on any atom is 0.251 e. The molecule has 4 nitrogen and oxygen atoms in total. The molecule has 0 aliphatic rings. The van der Waals surface area contributed by atoms with Crippen LogP contribution in [0.15, 0.2) is 30.6 Å². The number of aromatic nitrogens is 2. The van der Waals surface area contributed by atoms with Crippen LogP contribution in [0.3, 0.4) is 0 Å². The van der Waals surface area contributed by atoms with Crippen molar-refractivity contribution < 1.29 is 4.79 Å². The van der Waals surface area contributed by atoms with Crippen molar-refractivity contribution in [1.82, 2.24) is 15.3 Å². The Balaban J connectivity index is 1.89. The molecule has 0 spiro atoms. The fourth-order valence-electron chi connectivity index (χ4n) is 1.57. The van der Waals surface area contributed by atoms with Crippen LogP contribution in [-0.4, -0.2) is 22.4 Å². The first-order valence-corrected chi connectivity index (χ1v) is 6.07. The van der Waals surface area contributed by atoms with Gasteiger partial charge in [-0.15, -0.1) is 0 Å². The molecule has 1 aromatic heterocycles. The molecular formula is C13H14ClN3O. The predicted octanol–water partition coefficient (Wildman–Crippen LogP) is 2.34. The van der Waals surface area contributed by atoms with E-state index in [9.17, 15) is 4.79 Å². The summed E-state index contributed by atoms with van der Waals surface area (Å²) in [6.45, 7) is 2.44. The Kier molecular flexibility index (Phi) is 3.99. The summed E-state index contributed by atoms with van der Waals surface area (Å²) in [5.74, 6) is 0.737. The summed E-state index contributed by atoms with van der Waals surface area (Å²) in [5, 5.41) is 3.43. The van der Waals surface area contributed by atoms with E-state index in [0.717, 1.165) is 11.4 Å². The number of nitrogens with zero attached hydrogens (tertiary/aromatic N) is 1. The molecule has 0 fully saturated rings. The van der Waals surface area contributed by atoms with Gasteiger partial charge in [-0.3, -0.25) is 4.79 Å². The van der Waals surface area contributed by atoms with Crippen molar-refractivity contribution in [1.29, 1.82) is 0 Å². The molecule has 0 aliphatic heterocycles. The highest BCUT2D eigenvalue weighted by Gasteiger charge is 2.06. The first-order valence-electron chi connectivity index (χ1n) is 5.69. The van der Waals surface area contributed by atoms with E-state index >= 15 is 0 Å². The van der Waals surface area contributed by atoms with Crippen molar-refractivity contribution in [2.45, 2.75) is 13.3 Å². The number of carbonyl (C=O) groups is 1. The van der Waals surface area contributed by atoms with Crippen LogP contribution in [0.25, 0.3) is 0 Å². The van der Waals surface area contributed by atoms with Crippen molar-refractivity contribution in [3.8, 4) is 0 Å². The zero-order chi connectivity index (χ0) is 13.0. The van der Waals surface area contributed by atoms with Gasteiger partial charge in [-0.05, 0) is 24.6 Å². The molecule has 5 heteroatoms. The SMILES string of the molecule is Cc1ccc(C(=O)NCCc2ncc[nH]2)cc1Cl. The van der Waals surface area contributed by atoms with Gasteiger partial charge in [-0.2, -0.15) is 0 Å². The smallest absolute Gasteiger partial charge is 0.251 e. The molecule has 18 heavy (non-hydrogen) atoms. The molecule has 0 saturated carbocycles. The van der Waals surface area contributed by atoms with Crippen LogP contribution in [0.2, 0.25) is 5.02 Å². The zero-order valence-corrected chi connectivity index (χ0v) is 10.8. The summed E-state index contributed by atoms with van der Waals surface area (Å²) < 4.78 is 0. The molecule has 0 radical (unpaired) electrons. The molecule has 94 valence electrons. The van der Waals surface area contributed by atoms with Gasteiger partial charge in [0.25, 0.3) is 5.91 Å². The van der Waals surface area contributed by atoms with E-state index in [-0.39, 0.29) is 5.91 Å². The lowest BCUT2D eigenvalue weighted by atomic mass is 10.1. The molecular weight excluding hydrogens is 250 g/mol. The van der Waals surface area contributed by atoms with Gasteiger partial charge in [0.05, 0.1) is 0 Å². The van der Waals surface area contributed by atoms with E-state index in [4.69, 9.17) is 11.6 Å². The van der Waals surface area contributed by atoms with Crippen LogP contribution in [0.5, 0.6) is 0 Å². The van der Waals surface area contributed by atoms with E-state index in [1.807, 2.05) is 13.0 Å². The highest BCUT2D eigenvalue weighted by molar-refractivity contribution is 6.31. The molecule has 0 atom stereocenters. The number of aromatic amines is 1. The number of amides is 1. The number of hydrogen-bond donors (Lipinski definition) is 2. The lowest BCUT2D eigenvalue weighted by Crippen LogP contribution is -2.25. The van der Waals surface area contributed by atoms with Crippen molar-refractivity contribution in [3.63, 3.8) is 0 Å². The Labute approximate surface area is 110 Å². The van der Waals surface area contributed by atoms with Crippen LogP contribution >= 0.6 is 11.6 Å². The monoisotopic (exact) mass is 263 g/mol. The van der Waals surface area contributed by atoms with Gasteiger partial charge >= 0.3 is 0 Å². The zero-order valence-electron chi connectivity index (χ0n) is 10.0. The predicted molar refractivity (Wildman–Crippen MR) is 70.8 cm³/mol. The molecule has 0 saturated heterocycles. The van der Waals surface area contributed by atoms with Gasteiger partial charge in [0.1, 0.15) is 5.82 Å². The van der Waals surface area contributed by atoms with Crippen LogP contribution in [0.4, 0.5) is 0 Å². The third-order valence-electron chi connectivity index (χ3n) is 2.64. The number of aryl methyl sites for hydroxylation is 1. The Morgan fingerprint density at radius 3 is 3.00 bits per heavy atom. The average molecular weight is 264 g/mol. The molecule has 1 aromatic carbocycles. The number of hydrogen-bond acceptors (Lipinski definition) is 2. The molecule has 1 heterocycles. The Hall–Kier alpha value is -1.81. The third-order valence-corrected chi connectivity index (χ3v) is 3.04. The maximum atomic E-state index is 11.8. The summed E-state index contributed by atoms with van der Waals surface area (Å²) in [6.07, 6.45) is 4.13. The van der Waals surface area contributed by atoms with Gasteiger partial charge in [-0.1, -0.05) is 17.7 Å². The van der Waals surface area contributed by atoms with Crippen molar-refractivity contribution >= 4 is 17.5 Å². The highest BCUT2D eigenvalue weighted by Crippen LogP contribution is 2.16. The molecule has 2 N–H and O–H groups in total. The number of nitrogens with one attached hydrogen (secondary N) is 2. The Morgan fingerprint density at radius 2 is 2.33 bits per heavy atom. The quantitative estimate of drug-likeness (QED) is 0.890. The van der Waals surface area contributed by atoms with Gasteiger partial charge < -0.3 is 10.3 Å². The van der Waals surface area contributed by atoms with E-state index in [2.05, 4.69) is 15.3 Å². The molecule has 0 bridgehead atoms. The van der Waals surface area contributed by atoms with Crippen LogP contribution in [0.1, 0.15) is 21.7 Å². The number of halogens is 1. The lowest BCUT2D eigenvalue weighted by Gasteiger charge is -2.05. The van der Waals surface area contributed by atoms with Crippen molar-refractivity contribution in [3.05, 3.63) is 52.6 Å². The summed E-state index contributed by atoms with van der Waals surface area (Å²) in [6, 6.07) is 5.28. The topological polar surface area (TPSA) is 57.8 Å². The summed E-state index contributed by atoms with van der Waals surface area (Å²) in [7, 11) is 0. The number of imidazole rings is 1. The second kappa shape index (κ2) is 5.69. The summed E-state index contributed by atoms with van der Waals surface area (Å²) in [4.78, 5) is 18.9. The lowest BCUT2D eigenvalue weighted by molar-refractivity contribution is 0.0954. The largest absolute Gasteiger partial charge is 0.352 e. The average Bonchev–Trinajstić information content (AvgIpc) is 2.85. The molecule has 0 aliphatic carbocycles. The number of benzene rings is 1. The van der Waals surface area contributed by atoms with Gasteiger partial charge in [-0.25, -0.2) is 4.98 Å². The molecule has 2 rings (SSSR count). The number of carbonyl (C=O) groups excluding carboxylic acids is 1.